The lowest BCUT2D eigenvalue weighted by Gasteiger charge is -2.16. The molecule has 31 heavy (non-hydrogen) atoms. The topological polar surface area (TPSA) is 66.8 Å². The molecule has 3 heterocycles. The van der Waals surface area contributed by atoms with E-state index >= 15 is 0 Å². The van der Waals surface area contributed by atoms with Crippen LogP contribution in [-0.4, -0.2) is 34.0 Å². The van der Waals surface area contributed by atoms with Crippen LogP contribution in [0.1, 0.15) is 11.3 Å². The SMILES string of the molecule is CN(C)c1cc(CNc2cc(C(F)(F)F)nc(-c3ccccn3)n2)c2ccccc2n1. The van der Waals surface area contributed by atoms with Gasteiger partial charge in [0.05, 0.1) is 5.52 Å². The van der Waals surface area contributed by atoms with E-state index in [0.29, 0.717) is 0 Å². The molecule has 158 valence electrons. The van der Waals surface area contributed by atoms with Crippen molar-refractivity contribution in [1.82, 2.24) is 19.9 Å². The highest BCUT2D eigenvalue weighted by molar-refractivity contribution is 5.84. The van der Waals surface area contributed by atoms with Crippen molar-refractivity contribution in [2.75, 3.05) is 24.3 Å². The van der Waals surface area contributed by atoms with E-state index in [1.165, 1.54) is 6.20 Å². The quantitative estimate of drug-likeness (QED) is 0.497. The Balaban J connectivity index is 1.72. The zero-order valence-electron chi connectivity index (χ0n) is 16.9. The average Bonchev–Trinajstić information content (AvgIpc) is 2.77. The number of rotatable bonds is 5. The minimum absolute atomic E-state index is 0.0651. The summed E-state index contributed by atoms with van der Waals surface area (Å²) in [6.45, 7) is 0.264. The molecule has 0 aliphatic carbocycles. The lowest BCUT2D eigenvalue weighted by molar-refractivity contribution is -0.141. The fourth-order valence-electron chi connectivity index (χ4n) is 3.09. The number of nitrogens with zero attached hydrogens (tertiary/aromatic N) is 5. The second-order valence-electron chi connectivity index (χ2n) is 7.08. The van der Waals surface area contributed by atoms with Gasteiger partial charge in [-0.15, -0.1) is 0 Å². The lowest BCUT2D eigenvalue weighted by Crippen LogP contribution is -2.13. The third kappa shape index (κ3) is 4.55. The first-order chi connectivity index (χ1) is 14.8. The van der Waals surface area contributed by atoms with Crippen LogP contribution < -0.4 is 10.2 Å². The molecule has 1 N–H and O–H groups in total. The van der Waals surface area contributed by atoms with Crippen molar-refractivity contribution in [3.63, 3.8) is 0 Å². The van der Waals surface area contributed by atoms with Gasteiger partial charge >= 0.3 is 6.18 Å². The number of halogens is 3. The van der Waals surface area contributed by atoms with Crippen LogP contribution in [-0.2, 0) is 12.7 Å². The van der Waals surface area contributed by atoms with Crippen LogP contribution in [0.3, 0.4) is 0 Å². The summed E-state index contributed by atoms with van der Waals surface area (Å²) in [5.74, 6) is 0.727. The van der Waals surface area contributed by atoms with Gasteiger partial charge in [-0.25, -0.2) is 15.0 Å². The molecule has 3 aromatic heterocycles. The monoisotopic (exact) mass is 424 g/mol. The largest absolute Gasteiger partial charge is 0.433 e. The lowest BCUT2D eigenvalue weighted by atomic mass is 10.1. The van der Waals surface area contributed by atoms with Gasteiger partial charge in [-0.2, -0.15) is 13.2 Å². The fourth-order valence-corrected chi connectivity index (χ4v) is 3.09. The minimum Gasteiger partial charge on any atom is -0.366 e. The van der Waals surface area contributed by atoms with Crippen molar-refractivity contribution in [3.8, 4) is 11.5 Å². The number of aromatic nitrogens is 4. The molecule has 6 nitrogen and oxygen atoms in total. The molecule has 0 fully saturated rings. The predicted molar refractivity (Wildman–Crippen MR) is 114 cm³/mol. The standard InChI is InChI=1S/C22H19F3N6/c1-31(2)20-11-14(15-7-3-4-8-16(15)28-20)13-27-19-12-18(22(23,24)25)29-21(30-19)17-9-5-6-10-26-17/h3-12H,13H2,1-2H3,(H,27,29,30). The summed E-state index contributed by atoms with van der Waals surface area (Å²) in [6.07, 6.45) is -3.12. The zero-order valence-corrected chi connectivity index (χ0v) is 16.9. The van der Waals surface area contributed by atoms with Crippen LogP contribution in [0.2, 0.25) is 0 Å². The summed E-state index contributed by atoms with van der Waals surface area (Å²) < 4.78 is 40.3. The second-order valence-corrected chi connectivity index (χ2v) is 7.08. The molecule has 0 saturated carbocycles. The molecule has 0 atom stereocenters. The Hall–Kier alpha value is -3.75. The van der Waals surface area contributed by atoms with Gasteiger partial charge in [0.1, 0.15) is 17.3 Å². The smallest absolute Gasteiger partial charge is 0.366 e. The molecule has 0 amide bonds. The molecule has 1 aromatic carbocycles. The molecule has 0 spiro atoms. The van der Waals surface area contributed by atoms with Gasteiger partial charge in [-0.1, -0.05) is 24.3 Å². The summed E-state index contributed by atoms with van der Waals surface area (Å²) >= 11 is 0. The van der Waals surface area contributed by atoms with Crippen LogP contribution in [0, 0.1) is 0 Å². The average molecular weight is 424 g/mol. The molecule has 0 radical (unpaired) electrons. The Morgan fingerprint density at radius 3 is 2.42 bits per heavy atom. The van der Waals surface area contributed by atoms with Gasteiger partial charge in [0.15, 0.2) is 11.5 Å². The summed E-state index contributed by atoms with van der Waals surface area (Å²) in [7, 11) is 3.76. The number of nitrogens with one attached hydrogen (secondary N) is 1. The van der Waals surface area contributed by atoms with E-state index in [0.717, 1.165) is 28.4 Å². The van der Waals surface area contributed by atoms with Gasteiger partial charge in [0.25, 0.3) is 0 Å². The number of pyridine rings is 2. The summed E-state index contributed by atoms with van der Waals surface area (Å²) in [5, 5.41) is 3.93. The molecule has 0 saturated heterocycles. The van der Waals surface area contributed by atoms with E-state index in [9.17, 15) is 13.2 Å². The fraction of sp³-hybridized carbons (Fsp3) is 0.182. The highest BCUT2D eigenvalue weighted by Crippen LogP contribution is 2.31. The van der Waals surface area contributed by atoms with Crippen molar-refractivity contribution >= 4 is 22.5 Å². The molecular weight excluding hydrogens is 405 g/mol. The first-order valence-electron chi connectivity index (χ1n) is 9.49. The van der Waals surface area contributed by atoms with Crippen molar-refractivity contribution in [2.24, 2.45) is 0 Å². The normalized spacial score (nSPS) is 11.5. The summed E-state index contributed by atoms with van der Waals surface area (Å²) in [4.78, 5) is 18.5. The maximum atomic E-state index is 13.4. The van der Waals surface area contributed by atoms with E-state index in [2.05, 4.69) is 25.3 Å². The molecule has 9 heteroatoms. The minimum atomic E-state index is -4.61. The van der Waals surface area contributed by atoms with E-state index < -0.39 is 11.9 Å². The van der Waals surface area contributed by atoms with E-state index in [1.807, 2.05) is 49.3 Å². The highest BCUT2D eigenvalue weighted by atomic mass is 19.4. The van der Waals surface area contributed by atoms with Gasteiger partial charge in [0, 0.05) is 38.3 Å². The van der Waals surface area contributed by atoms with E-state index in [1.54, 1.807) is 18.2 Å². The van der Waals surface area contributed by atoms with Crippen LogP contribution in [0.5, 0.6) is 0 Å². The Morgan fingerprint density at radius 1 is 0.935 bits per heavy atom. The van der Waals surface area contributed by atoms with Crippen LogP contribution >= 0.6 is 0 Å². The van der Waals surface area contributed by atoms with Crippen LogP contribution in [0.25, 0.3) is 22.4 Å². The molecule has 0 bridgehead atoms. The Kier molecular flexibility index (Phi) is 5.41. The van der Waals surface area contributed by atoms with Crippen LogP contribution in [0.15, 0.2) is 60.8 Å². The first kappa shape index (κ1) is 20.5. The Labute approximate surface area is 176 Å². The maximum absolute atomic E-state index is 13.4. The number of benzene rings is 1. The molecular formula is C22H19F3N6. The molecule has 0 aliphatic rings. The Morgan fingerprint density at radius 2 is 1.71 bits per heavy atom. The van der Waals surface area contributed by atoms with Crippen molar-refractivity contribution < 1.29 is 13.2 Å². The maximum Gasteiger partial charge on any atom is 0.433 e. The Bertz CT molecular complexity index is 1210. The van der Waals surface area contributed by atoms with Gasteiger partial charge in [-0.3, -0.25) is 4.98 Å². The number of para-hydroxylation sites is 1. The molecule has 0 unspecified atom stereocenters. The number of alkyl halides is 3. The summed E-state index contributed by atoms with van der Waals surface area (Å²) in [6, 6.07) is 15.3. The van der Waals surface area contributed by atoms with Crippen molar-refractivity contribution in [1.29, 1.82) is 0 Å². The number of fused-ring (bicyclic) bond motifs is 1. The van der Waals surface area contributed by atoms with Crippen molar-refractivity contribution in [2.45, 2.75) is 12.7 Å². The molecule has 4 aromatic rings. The number of anilines is 2. The number of hydrogen-bond donors (Lipinski definition) is 1. The third-order valence-corrected chi connectivity index (χ3v) is 4.62. The van der Waals surface area contributed by atoms with E-state index in [-0.39, 0.29) is 23.9 Å². The zero-order chi connectivity index (χ0) is 22.0. The second kappa shape index (κ2) is 8.17. The summed E-state index contributed by atoms with van der Waals surface area (Å²) in [5.41, 5.74) is 0.930. The van der Waals surface area contributed by atoms with Crippen LogP contribution in [0.4, 0.5) is 24.8 Å². The van der Waals surface area contributed by atoms with E-state index in [4.69, 9.17) is 0 Å². The predicted octanol–water partition coefficient (Wildman–Crippen LogP) is 4.78. The van der Waals surface area contributed by atoms with Gasteiger partial charge < -0.3 is 10.2 Å². The highest BCUT2D eigenvalue weighted by Gasteiger charge is 2.34. The molecule has 0 aliphatic heterocycles. The third-order valence-electron chi connectivity index (χ3n) is 4.62. The molecule has 4 rings (SSSR count). The van der Waals surface area contributed by atoms with Gasteiger partial charge in [-0.05, 0) is 29.8 Å². The van der Waals surface area contributed by atoms with Crippen molar-refractivity contribution in [3.05, 3.63) is 72.1 Å². The van der Waals surface area contributed by atoms with Gasteiger partial charge in [0.2, 0.25) is 0 Å². The first-order valence-corrected chi connectivity index (χ1v) is 9.49. The number of hydrogen-bond acceptors (Lipinski definition) is 6.